The Morgan fingerprint density at radius 2 is 2.20 bits per heavy atom. The fourth-order valence-corrected chi connectivity index (χ4v) is 4.58. The molecule has 2 aromatic rings. The van der Waals surface area contributed by atoms with Gasteiger partial charge >= 0.3 is 0 Å². The van der Waals surface area contributed by atoms with Crippen LogP contribution in [0.1, 0.15) is 19.3 Å². The second-order valence-electron chi connectivity index (χ2n) is 4.64. The van der Waals surface area contributed by atoms with Gasteiger partial charge in [0.2, 0.25) is 10.0 Å². The van der Waals surface area contributed by atoms with Gasteiger partial charge in [0.15, 0.2) is 0 Å². The van der Waals surface area contributed by atoms with Crippen LogP contribution < -0.4 is 0 Å². The fourth-order valence-electron chi connectivity index (χ4n) is 2.14. The average Bonchev–Trinajstić information content (AvgIpc) is 3.14. The van der Waals surface area contributed by atoms with E-state index in [0.717, 1.165) is 24.6 Å². The molecule has 0 bridgehead atoms. The Morgan fingerprint density at radius 1 is 1.40 bits per heavy atom. The second kappa shape index (κ2) is 5.09. The summed E-state index contributed by atoms with van der Waals surface area (Å²) in [6, 6.07) is 7.00. The summed E-state index contributed by atoms with van der Waals surface area (Å²) in [4.78, 5) is 0.189. The molecule has 1 aromatic carbocycles. The Morgan fingerprint density at radius 3 is 2.90 bits per heavy atom. The van der Waals surface area contributed by atoms with Crippen molar-refractivity contribution in [1.29, 1.82) is 5.26 Å². The van der Waals surface area contributed by atoms with Crippen molar-refractivity contribution in [3.8, 4) is 6.07 Å². The number of hydrogen-bond donors (Lipinski definition) is 0. The Labute approximate surface area is 121 Å². The van der Waals surface area contributed by atoms with Crippen LogP contribution >= 0.6 is 11.7 Å². The molecule has 0 N–H and O–H groups in total. The topological polar surface area (TPSA) is 87.0 Å². The molecule has 1 aliphatic carbocycles. The van der Waals surface area contributed by atoms with Gasteiger partial charge in [-0.1, -0.05) is 6.07 Å². The predicted octanol–water partition coefficient (Wildman–Crippen LogP) is 1.76. The maximum atomic E-state index is 12.8. The average molecular weight is 308 g/mol. The van der Waals surface area contributed by atoms with E-state index in [1.54, 1.807) is 18.2 Å². The van der Waals surface area contributed by atoms with Crippen molar-refractivity contribution in [3.63, 3.8) is 0 Å². The van der Waals surface area contributed by atoms with Crippen molar-refractivity contribution in [2.45, 2.75) is 30.2 Å². The van der Waals surface area contributed by atoms with Crippen LogP contribution in [0.5, 0.6) is 0 Å². The molecular formula is C12H12N4O2S2. The first kappa shape index (κ1) is 13.4. The van der Waals surface area contributed by atoms with Crippen LogP contribution in [0, 0.1) is 11.3 Å². The van der Waals surface area contributed by atoms with E-state index in [9.17, 15) is 8.42 Å². The third-order valence-corrected chi connectivity index (χ3v) is 5.76. The Kier molecular flexibility index (Phi) is 3.41. The van der Waals surface area contributed by atoms with E-state index < -0.39 is 10.0 Å². The lowest BCUT2D eigenvalue weighted by molar-refractivity contribution is 0.411. The van der Waals surface area contributed by atoms with Gasteiger partial charge in [0.05, 0.1) is 17.8 Å². The van der Waals surface area contributed by atoms with Crippen LogP contribution in [0.4, 0.5) is 0 Å². The van der Waals surface area contributed by atoms with Crippen molar-refractivity contribution >= 4 is 32.8 Å². The minimum atomic E-state index is -3.62. The first-order valence-electron chi connectivity index (χ1n) is 6.24. The van der Waals surface area contributed by atoms with E-state index in [1.807, 2.05) is 6.07 Å². The predicted molar refractivity (Wildman–Crippen MR) is 74.6 cm³/mol. The van der Waals surface area contributed by atoms with Crippen LogP contribution in [-0.4, -0.2) is 34.1 Å². The molecule has 3 rings (SSSR count). The molecule has 0 atom stereocenters. The highest BCUT2D eigenvalue weighted by Gasteiger charge is 2.38. The lowest BCUT2D eigenvalue weighted by atomic mass is 10.3. The lowest BCUT2D eigenvalue weighted by Crippen LogP contribution is -2.34. The molecule has 1 heterocycles. The van der Waals surface area contributed by atoms with E-state index >= 15 is 0 Å². The number of aromatic nitrogens is 2. The first-order chi connectivity index (χ1) is 9.64. The van der Waals surface area contributed by atoms with Gasteiger partial charge in [-0.25, -0.2) is 8.42 Å². The standard InChI is InChI=1S/C12H12N4O2S2/c13-7-2-8-16(9-5-6-9)20(17,18)11-4-1-3-10-12(11)15-19-14-10/h1,3-4,9H,2,5-6,8H2. The van der Waals surface area contributed by atoms with Crippen molar-refractivity contribution in [3.05, 3.63) is 18.2 Å². The molecule has 0 spiro atoms. The smallest absolute Gasteiger partial charge is 0.207 e. The van der Waals surface area contributed by atoms with Crippen molar-refractivity contribution in [2.24, 2.45) is 0 Å². The van der Waals surface area contributed by atoms with Crippen molar-refractivity contribution in [1.82, 2.24) is 13.1 Å². The molecule has 104 valence electrons. The molecule has 0 amide bonds. The van der Waals surface area contributed by atoms with Crippen LogP contribution in [0.25, 0.3) is 11.0 Å². The number of nitrogens with zero attached hydrogens (tertiary/aromatic N) is 4. The Bertz CT molecular complexity index is 774. The molecule has 0 radical (unpaired) electrons. The molecule has 8 heteroatoms. The highest BCUT2D eigenvalue weighted by Crippen LogP contribution is 2.33. The Balaban J connectivity index is 2.06. The highest BCUT2D eigenvalue weighted by molar-refractivity contribution is 7.89. The normalized spacial score (nSPS) is 15.6. The van der Waals surface area contributed by atoms with Crippen molar-refractivity contribution in [2.75, 3.05) is 6.54 Å². The van der Waals surface area contributed by atoms with Gasteiger partial charge in [-0.05, 0) is 25.0 Å². The quantitative estimate of drug-likeness (QED) is 0.840. The summed E-state index contributed by atoms with van der Waals surface area (Å²) in [6.07, 6.45) is 1.91. The molecule has 20 heavy (non-hydrogen) atoms. The van der Waals surface area contributed by atoms with E-state index in [2.05, 4.69) is 8.75 Å². The summed E-state index contributed by atoms with van der Waals surface area (Å²) in [5.74, 6) is 0. The van der Waals surface area contributed by atoms with Gasteiger partial charge in [0, 0.05) is 19.0 Å². The SMILES string of the molecule is N#CCCN(C1CC1)S(=O)(=O)c1cccc2nsnc12. The molecular weight excluding hydrogens is 296 g/mol. The highest BCUT2D eigenvalue weighted by atomic mass is 32.2. The molecule has 1 saturated carbocycles. The van der Waals surface area contributed by atoms with E-state index in [-0.39, 0.29) is 23.9 Å². The lowest BCUT2D eigenvalue weighted by Gasteiger charge is -2.20. The fraction of sp³-hybridized carbons (Fsp3) is 0.417. The zero-order valence-electron chi connectivity index (χ0n) is 10.6. The van der Waals surface area contributed by atoms with E-state index in [0.29, 0.717) is 11.0 Å². The van der Waals surface area contributed by atoms with Gasteiger partial charge in [0.1, 0.15) is 15.9 Å². The summed E-state index contributed by atoms with van der Waals surface area (Å²) < 4.78 is 35.2. The molecule has 0 saturated heterocycles. The number of benzene rings is 1. The minimum Gasteiger partial charge on any atom is -0.207 e. The molecule has 0 unspecified atom stereocenters. The van der Waals surface area contributed by atoms with Gasteiger partial charge < -0.3 is 0 Å². The molecule has 6 nitrogen and oxygen atoms in total. The number of sulfonamides is 1. The maximum Gasteiger partial charge on any atom is 0.245 e. The van der Waals surface area contributed by atoms with Crippen LogP contribution in [0.2, 0.25) is 0 Å². The van der Waals surface area contributed by atoms with Crippen LogP contribution in [0.15, 0.2) is 23.1 Å². The van der Waals surface area contributed by atoms with Gasteiger partial charge in [0.25, 0.3) is 0 Å². The number of hydrogen-bond acceptors (Lipinski definition) is 6. The first-order valence-corrected chi connectivity index (χ1v) is 8.41. The minimum absolute atomic E-state index is 0.0233. The molecule has 0 aliphatic heterocycles. The molecule has 1 fully saturated rings. The summed E-state index contributed by atoms with van der Waals surface area (Å²) in [6.45, 7) is 0.234. The summed E-state index contributed by atoms with van der Waals surface area (Å²) in [5, 5.41) is 8.70. The van der Waals surface area contributed by atoms with Gasteiger partial charge in [-0.2, -0.15) is 18.3 Å². The summed E-state index contributed by atoms with van der Waals surface area (Å²) in [7, 11) is -3.62. The zero-order valence-corrected chi connectivity index (χ0v) is 12.2. The third-order valence-electron chi connectivity index (χ3n) is 3.23. The summed E-state index contributed by atoms with van der Waals surface area (Å²) in [5.41, 5.74) is 1.01. The Hall–Kier alpha value is -1.56. The largest absolute Gasteiger partial charge is 0.245 e. The number of rotatable bonds is 5. The number of nitriles is 1. The van der Waals surface area contributed by atoms with Gasteiger partial charge in [-0.15, -0.1) is 0 Å². The second-order valence-corrected chi connectivity index (χ2v) is 7.03. The third kappa shape index (κ3) is 2.28. The van der Waals surface area contributed by atoms with E-state index in [1.165, 1.54) is 4.31 Å². The van der Waals surface area contributed by atoms with Crippen LogP contribution in [0.3, 0.4) is 0 Å². The van der Waals surface area contributed by atoms with Gasteiger partial charge in [-0.3, -0.25) is 0 Å². The molecule has 1 aliphatic rings. The maximum absolute atomic E-state index is 12.8. The van der Waals surface area contributed by atoms with Crippen molar-refractivity contribution < 1.29 is 8.42 Å². The monoisotopic (exact) mass is 308 g/mol. The van der Waals surface area contributed by atoms with E-state index in [4.69, 9.17) is 5.26 Å². The summed E-state index contributed by atoms with van der Waals surface area (Å²) >= 11 is 1.00. The zero-order chi connectivity index (χ0) is 14.2. The molecule has 1 aromatic heterocycles. The van der Waals surface area contributed by atoms with Crippen LogP contribution in [-0.2, 0) is 10.0 Å². The number of fused-ring (bicyclic) bond motifs is 1.